The van der Waals surface area contributed by atoms with Crippen LogP contribution >= 0.6 is 0 Å². The molecule has 0 aromatic carbocycles. The standard InChI is InChI=1S/C15H40N8/c1-3-21-15(20)7-10-23(9-6-14(18)19)12-11-22(4-2)8-5-13(16)17/h13-15,21H,3-12,16-20H2,1-2H3. The first-order valence-corrected chi connectivity index (χ1v) is 8.85. The highest BCUT2D eigenvalue weighted by Crippen LogP contribution is 1.99. The second-order valence-corrected chi connectivity index (χ2v) is 6.13. The van der Waals surface area contributed by atoms with Crippen molar-refractivity contribution < 1.29 is 0 Å². The molecule has 0 bridgehead atoms. The van der Waals surface area contributed by atoms with Crippen LogP contribution in [0.1, 0.15) is 33.1 Å². The van der Waals surface area contributed by atoms with Gasteiger partial charge in [0.05, 0.1) is 18.5 Å². The fourth-order valence-electron chi connectivity index (χ4n) is 2.40. The van der Waals surface area contributed by atoms with Crippen LogP contribution in [-0.4, -0.2) is 74.1 Å². The lowest BCUT2D eigenvalue weighted by molar-refractivity contribution is 0.194. The molecule has 0 saturated carbocycles. The largest absolute Gasteiger partial charge is 0.316 e. The molecule has 0 aromatic rings. The van der Waals surface area contributed by atoms with Gasteiger partial charge in [-0.2, -0.15) is 0 Å². The highest BCUT2D eigenvalue weighted by Gasteiger charge is 2.11. The number of nitrogens with two attached hydrogens (primary N) is 5. The van der Waals surface area contributed by atoms with E-state index >= 15 is 0 Å². The third kappa shape index (κ3) is 13.8. The van der Waals surface area contributed by atoms with Gasteiger partial charge in [0, 0.05) is 32.7 Å². The van der Waals surface area contributed by atoms with E-state index in [1.807, 2.05) is 0 Å². The fourth-order valence-corrected chi connectivity index (χ4v) is 2.40. The van der Waals surface area contributed by atoms with Crippen LogP contribution in [0.4, 0.5) is 0 Å². The zero-order valence-corrected chi connectivity index (χ0v) is 15.1. The van der Waals surface area contributed by atoms with Crippen LogP contribution in [0.2, 0.25) is 0 Å². The van der Waals surface area contributed by atoms with Gasteiger partial charge in [-0.15, -0.1) is 0 Å². The zero-order valence-electron chi connectivity index (χ0n) is 15.1. The van der Waals surface area contributed by atoms with Gasteiger partial charge < -0.3 is 43.8 Å². The van der Waals surface area contributed by atoms with E-state index in [0.717, 1.165) is 65.1 Å². The van der Waals surface area contributed by atoms with Gasteiger partial charge in [0.25, 0.3) is 0 Å². The van der Waals surface area contributed by atoms with Crippen LogP contribution in [-0.2, 0) is 0 Å². The third-order valence-corrected chi connectivity index (χ3v) is 3.96. The summed E-state index contributed by atoms with van der Waals surface area (Å²) in [7, 11) is 0. The van der Waals surface area contributed by atoms with Crippen molar-refractivity contribution in [2.75, 3.05) is 45.8 Å². The summed E-state index contributed by atoms with van der Waals surface area (Å²) in [5.74, 6) is 0. The molecule has 0 aliphatic heterocycles. The Hall–Kier alpha value is -0.320. The Morgan fingerprint density at radius 3 is 1.65 bits per heavy atom. The molecular weight excluding hydrogens is 292 g/mol. The Kier molecular flexibility index (Phi) is 13.9. The average molecular weight is 333 g/mol. The predicted octanol–water partition coefficient (Wildman–Crippen LogP) is -1.84. The van der Waals surface area contributed by atoms with Gasteiger partial charge >= 0.3 is 0 Å². The van der Waals surface area contributed by atoms with E-state index in [1.165, 1.54) is 0 Å². The molecule has 8 nitrogen and oxygen atoms in total. The molecule has 0 aliphatic carbocycles. The summed E-state index contributed by atoms with van der Waals surface area (Å²) < 4.78 is 0. The molecule has 0 radical (unpaired) electrons. The lowest BCUT2D eigenvalue weighted by atomic mass is 10.2. The van der Waals surface area contributed by atoms with Crippen molar-refractivity contribution in [1.29, 1.82) is 0 Å². The van der Waals surface area contributed by atoms with Crippen molar-refractivity contribution in [2.45, 2.75) is 51.6 Å². The van der Waals surface area contributed by atoms with E-state index in [1.54, 1.807) is 0 Å². The predicted molar refractivity (Wildman–Crippen MR) is 98.4 cm³/mol. The highest BCUT2D eigenvalue weighted by atomic mass is 15.2. The molecule has 0 rings (SSSR count). The van der Waals surface area contributed by atoms with Gasteiger partial charge in [-0.25, -0.2) is 0 Å². The van der Waals surface area contributed by atoms with Gasteiger partial charge in [-0.1, -0.05) is 13.8 Å². The molecule has 0 spiro atoms. The number of nitrogens with zero attached hydrogens (tertiary/aromatic N) is 2. The van der Waals surface area contributed by atoms with E-state index in [-0.39, 0.29) is 18.5 Å². The first kappa shape index (κ1) is 22.7. The Bertz CT molecular complexity index is 262. The molecular formula is C15H40N8. The molecule has 0 aromatic heterocycles. The molecule has 1 atom stereocenters. The van der Waals surface area contributed by atoms with Crippen molar-refractivity contribution in [3.05, 3.63) is 0 Å². The van der Waals surface area contributed by atoms with Crippen molar-refractivity contribution in [3.8, 4) is 0 Å². The van der Waals surface area contributed by atoms with E-state index in [0.29, 0.717) is 0 Å². The molecule has 0 aliphatic rings. The Balaban J connectivity index is 4.25. The second kappa shape index (κ2) is 14.1. The minimum atomic E-state index is -0.266. The summed E-state index contributed by atoms with van der Waals surface area (Å²) in [5, 5.41) is 3.24. The normalized spacial score (nSPS) is 13.7. The fraction of sp³-hybridized carbons (Fsp3) is 1.00. The van der Waals surface area contributed by atoms with Crippen molar-refractivity contribution >= 4 is 0 Å². The molecule has 11 N–H and O–H groups in total. The zero-order chi connectivity index (χ0) is 17.7. The Morgan fingerprint density at radius 1 is 0.696 bits per heavy atom. The molecule has 23 heavy (non-hydrogen) atoms. The van der Waals surface area contributed by atoms with Crippen LogP contribution in [0.25, 0.3) is 0 Å². The topological polar surface area (TPSA) is 149 Å². The van der Waals surface area contributed by atoms with Gasteiger partial charge in [0.15, 0.2) is 0 Å². The summed E-state index contributed by atoms with van der Waals surface area (Å²) in [6, 6.07) is 0. The Labute approximate surface area is 142 Å². The lowest BCUT2D eigenvalue weighted by Gasteiger charge is -2.28. The van der Waals surface area contributed by atoms with Crippen LogP contribution in [0.3, 0.4) is 0 Å². The maximum atomic E-state index is 6.03. The summed E-state index contributed by atoms with van der Waals surface area (Å²) in [5.41, 5.74) is 28.7. The van der Waals surface area contributed by atoms with Crippen LogP contribution in [0, 0.1) is 0 Å². The van der Waals surface area contributed by atoms with E-state index in [4.69, 9.17) is 28.7 Å². The van der Waals surface area contributed by atoms with Gasteiger partial charge in [-0.05, 0) is 32.4 Å². The van der Waals surface area contributed by atoms with Gasteiger partial charge in [-0.3, -0.25) is 0 Å². The maximum Gasteiger partial charge on any atom is 0.0558 e. The highest BCUT2D eigenvalue weighted by molar-refractivity contribution is 4.68. The minimum Gasteiger partial charge on any atom is -0.316 e. The van der Waals surface area contributed by atoms with Crippen molar-refractivity contribution in [3.63, 3.8) is 0 Å². The number of rotatable bonds is 15. The summed E-state index contributed by atoms with van der Waals surface area (Å²) in [6.45, 7) is 10.8. The summed E-state index contributed by atoms with van der Waals surface area (Å²) >= 11 is 0. The van der Waals surface area contributed by atoms with Crippen molar-refractivity contribution in [1.82, 2.24) is 15.1 Å². The minimum absolute atomic E-state index is 0.0339. The SMILES string of the molecule is CCNC(N)CCN(CCC(N)N)CCN(CC)CCC(N)N. The molecule has 0 fully saturated rings. The van der Waals surface area contributed by atoms with E-state index < -0.39 is 0 Å². The number of hydrogen-bond acceptors (Lipinski definition) is 8. The molecule has 0 heterocycles. The average Bonchev–Trinajstić information content (AvgIpc) is 2.48. The van der Waals surface area contributed by atoms with E-state index in [2.05, 4.69) is 29.0 Å². The van der Waals surface area contributed by atoms with Gasteiger partial charge in [0.2, 0.25) is 0 Å². The number of likely N-dealkylation sites (N-methyl/N-ethyl adjacent to an activating group) is 1. The van der Waals surface area contributed by atoms with E-state index in [9.17, 15) is 0 Å². The quantitative estimate of drug-likeness (QED) is 0.192. The number of hydrogen-bond donors (Lipinski definition) is 6. The molecule has 140 valence electrons. The van der Waals surface area contributed by atoms with Crippen LogP contribution in [0.15, 0.2) is 0 Å². The second-order valence-electron chi connectivity index (χ2n) is 6.13. The maximum absolute atomic E-state index is 6.03. The lowest BCUT2D eigenvalue weighted by Crippen LogP contribution is -2.44. The van der Waals surface area contributed by atoms with Gasteiger partial charge in [0.1, 0.15) is 0 Å². The number of nitrogens with one attached hydrogen (secondary N) is 1. The smallest absolute Gasteiger partial charge is 0.0558 e. The first-order chi connectivity index (χ1) is 10.9. The van der Waals surface area contributed by atoms with Crippen LogP contribution < -0.4 is 34.0 Å². The first-order valence-electron chi connectivity index (χ1n) is 8.85. The molecule has 8 heteroatoms. The molecule has 0 amide bonds. The summed E-state index contributed by atoms with van der Waals surface area (Å²) in [4.78, 5) is 4.75. The Morgan fingerprint density at radius 2 is 1.17 bits per heavy atom. The monoisotopic (exact) mass is 332 g/mol. The van der Waals surface area contributed by atoms with Crippen LogP contribution in [0.5, 0.6) is 0 Å². The molecule has 0 saturated heterocycles. The van der Waals surface area contributed by atoms with Crippen molar-refractivity contribution in [2.24, 2.45) is 28.7 Å². The summed E-state index contributed by atoms with van der Waals surface area (Å²) in [6.07, 6.45) is 2.04. The molecule has 1 unspecified atom stereocenters. The third-order valence-electron chi connectivity index (χ3n) is 3.96.